The van der Waals surface area contributed by atoms with Gasteiger partial charge in [-0.15, -0.1) is 0 Å². The van der Waals surface area contributed by atoms with Crippen molar-refractivity contribution < 1.29 is 9.53 Å². The molecule has 1 saturated carbocycles. The van der Waals surface area contributed by atoms with Crippen LogP contribution >= 0.6 is 0 Å². The summed E-state index contributed by atoms with van der Waals surface area (Å²) in [4.78, 5) is 14.1. The van der Waals surface area contributed by atoms with Crippen molar-refractivity contribution in [3.63, 3.8) is 0 Å². The van der Waals surface area contributed by atoms with Crippen LogP contribution in [0.15, 0.2) is 12.2 Å². The molecule has 2 fully saturated rings. The van der Waals surface area contributed by atoms with Crippen molar-refractivity contribution in [2.75, 3.05) is 26.3 Å². The van der Waals surface area contributed by atoms with E-state index in [2.05, 4.69) is 6.58 Å². The molecule has 0 spiro atoms. The Morgan fingerprint density at radius 1 is 1.40 bits per heavy atom. The van der Waals surface area contributed by atoms with Gasteiger partial charge in [0.2, 0.25) is 5.91 Å². The minimum absolute atomic E-state index is 0.198. The molecule has 1 aliphatic heterocycles. The molecule has 0 aromatic rings. The van der Waals surface area contributed by atoms with Gasteiger partial charge in [-0.3, -0.25) is 4.79 Å². The Bertz CT molecular complexity index is 256. The van der Waals surface area contributed by atoms with Crippen LogP contribution in [0.3, 0.4) is 0 Å². The Morgan fingerprint density at radius 3 is 2.80 bits per heavy atom. The monoisotopic (exact) mass is 209 g/mol. The van der Waals surface area contributed by atoms with Crippen molar-refractivity contribution in [1.29, 1.82) is 0 Å². The highest BCUT2D eigenvalue weighted by Crippen LogP contribution is 2.28. The van der Waals surface area contributed by atoms with E-state index in [9.17, 15) is 4.79 Å². The molecule has 0 aromatic carbocycles. The number of nitrogens with zero attached hydrogens (tertiary/aromatic N) is 1. The summed E-state index contributed by atoms with van der Waals surface area (Å²) in [5.41, 5.74) is 1.24. The van der Waals surface area contributed by atoms with Crippen molar-refractivity contribution in [2.45, 2.75) is 25.7 Å². The van der Waals surface area contributed by atoms with Crippen LogP contribution in [-0.2, 0) is 9.53 Å². The predicted molar refractivity (Wildman–Crippen MR) is 58.5 cm³/mol. The van der Waals surface area contributed by atoms with Gasteiger partial charge in [-0.05, 0) is 25.7 Å². The normalized spacial score (nSPS) is 27.9. The highest BCUT2D eigenvalue weighted by Gasteiger charge is 2.27. The lowest BCUT2D eigenvalue weighted by Crippen LogP contribution is -2.44. The van der Waals surface area contributed by atoms with Crippen LogP contribution in [0.2, 0.25) is 0 Å². The van der Waals surface area contributed by atoms with E-state index in [0.29, 0.717) is 19.1 Å². The highest BCUT2D eigenvalue weighted by molar-refractivity contribution is 5.79. The van der Waals surface area contributed by atoms with Crippen LogP contribution in [-0.4, -0.2) is 37.1 Å². The number of carbonyl (C=O) groups is 1. The van der Waals surface area contributed by atoms with Gasteiger partial charge >= 0.3 is 0 Å². The van der Waals surface area contributed by atoms with E-state index in [4.69, 9.17) is 4.74 Å². The molecule has 1 amide bonds. The zero-order valence-electron chi connectivity index (χ0n) is 9.21. The van der Waals surface area contributed by atoms with Gasteiger partial charge in [0.15, 0.2) is 0 Å². The summed E-state index contributed by atoms with van der Waals surface area (Å²) in [5, 5.41) is 0. The first-order chi connectivity index (χ1) is 7.27. The van der Waals surface area contributed by atoms with E-state index >= 15 is 0 Å². The van der Waals surface area contributed by atoms with E-state index in [0.717, 1.165) is 38.8 Å². The first-order valence-corrected chi connectivity index (χ1v) is 5.80. The fourth-order valence-corrected chi connectivity index (χ4v) is 2.40. The van der Waals surface area contributed by atoms with Gasteiger partial charge in [-0.1, -0.05) is 12.2 Å². The molecular weight excluding hydrogens is 190 g/mol. The summed E-state index contributed by atoms with van der Waals surface area (Å²) >= 11 is 0. The molecule has 1 unspecified atom stereocenters. The zero-order valence-corrected chi connectivity index (χ0v) is 9.21. The summed E-state index contributed by atoms with van der Waals surface area (Å²) in [6.45, 7) is 6.92. The topological polar surface area (TPSA) is 29.5 Å². The lowest BCUT2D eigenvalue weighted by Gasteiger charge is -2.32. The van der Waals surface area contributed by atoms with Crippen molar-refractivity contribution in [2.24, 2.45) is 5.92 Å². The summed E-state index contributed by atoms with van der Waals surface area (Å²) in [7, 11) is 0. The molecule has 3 nitrogen and oxygen atoms in total. The average Bonchev–Trinajstić information content (AvgIpc) is 2.29. The van der Waals surface area contributed by atoms with Gasteiger partial charge in [-0.2, -0.15) is 0 Å². The van der Waals surface area contributed by atoms with Crippen molar-refractivity contribution >= 4 is 5.91 Å². The maximum atomic E-state index is 12.1. The maximum absolute atomic E-state index is 12.1. The lowest BCUT2D eigenvalue weighted by molar-refractivity contribution is -0.140. The van der Waals surface area contributed by atoms with Crippen LogP contribution in [0.25, 0.3) is 0 Å². The molecule has 0 aromatic heterocycles. The standard InChI is InChI=1S/C12H19NO2/c1-10-3-2-4-11(9-10)12(14)13-5-7-15-8-6-13/h11H,1-9H2. The Labute approximate surface area is 91.1 Å². The fourth-order valence-electron chi connectivity index (χ4n) is 2.40. The number of amides is 1. The Hall–Kier alpha value is -0.830. The number of rotatable bonds is 1. The summed E-state index contributed by atoms with van der Waals surface area (Å²) in [6.07, 6.45) is 4.16. The maximum Gasteiger partial charge on any atom is 0.226 e. The molecular formula is C12H19NO2. The van der Waals surface area contributed by atoms with Crippen molar-refractivity contribution in [3.8, 4) is 0 Å². The fraction of sp³-hybridized carbons (Fsp3) is 0.750. The number of carbonyl (C=O) groups excluding carboxylic acids is 1. The molecule has 3 heteroatoms. The van der Waals surface area contributed by atoms with Crippen molar-refractivity contribution in [3.05, 3.63) is 12.2 Å². The molecule has 2 rings (SSSR count). The average molecular weight is 209 g/mol. The first kappa shape index (κ1) is 10.7. The van der Waals surface area contributed by atoms with Gasteiger partial charge < -0.3 is 9.64 Å². The lowest BCUT2D eigenvalue weighted by atomic mass is 9.85. The minimum Gasteiger partial charge on any atom is -0.378 e. The predicted octanol–water partition coefficient (Wildman–Crippen LogP) is 1.59. The third-order valence-corrected chi connectivity index (χ3v) is 3.29. The van der Waals surface area contributed by atoms with Gasteiger partial charge in [-0.25, -0.2) is 0 Å². The van der Waals surface area contributed by atoms with Crippen LogP contribution in [0.4, 0.5) is 0 Å². The van der Waals surface area contributed by atoms with Crippen LogP contribution in [0, 0.1) is 5.92 Å². The SMILES string of the molecule is C=C1CCCC(C(=O)N2CCOCC2)C1. The third-order valence-electron chi connectivity index (χ3n) is 3.29. The molecule has 2 aliphatic rings. The minimum atomic E-state index is 0.198. The third kappa shape index (κ3) is 2.59. The molecule has 1 saturated heterocycles. The number of allylic oxidation sites excluding steroid dienone is 1. The highest BCUT2D eigenvalue weighted by atomic mass is 16.5. The van der Waals surface area contributed by atoms with E-state index in [1.807, 2.05) is 4.90 Å². The second kappa shape index (κ2) is 4.79. The van der Waals surface area contributed by atoms with Crippen LogP contribution in [0.5, 0.6) is 0 Å². The summed E-state index contributed by atoms with van der Waals surface area (Å²) in [6, 6.07) is 0. The van der Waals surface area contributed by atoms with E-state index in [1.54, 1.807) is 0 Å². The number of hydrogen-bond acceptors (Lipinski definition) is 2. The molecule has 0 radical (unpaired) electrons. The van der Waals surface area contributed by atoms with Crippen LogP contribution in [0.1, 0.15) is 25.7 Å². The number of hydrogen-bond donors (Lipinski definition) is 0. The van der Waals surface area contributed by atoms with E-state index in [-0.39, 0.29) is 5.92 Å². The van der Waals surface area contributed by atoms with E-state index in [1.165, 1.54) is 5.57 Å². The van der Waals surface area contributed by atoms with Gasteiger partial charge in [0.25, 0.3) is 0 Å². The molecule has 0 bridgehead atoms. The van der Waals surface area contributed by atoms with E-state index < -0.39 is 0 Å². The largest absolute Gasteiger partial charge is 0.378 e. The zero-order chi connectivity index (χ0) is 10.7. The second-order valence-electron chi connectivity index (χ2n) is 4.48. The van der Waals surface area contributed by atoms with Gasteiger partial charge in [0, 0.05) is 19.0 Å². The number of ether oxygens (including phenoxy) is 1. The number of morpholine rings is 1. The van der Waals surface area contributed by atoms with Gasteiger partial charge in [0.1, 0.15) is 0 Å². The molecule has 1 aliphatic carbocycles. The Morgan fingerprint density at radius 2 is 2.13 bits per heavy atom. The summed E-state index contributed by atoms with van der Waals surface area (Å²) in [5.74, 6) is 0.517. The molecule has 84 valence electrons. The molecule has 1 heterocycles. The Balaban J connectivity index is 1.90. The second-order valence-corrected chi connectivity index (χ2v) is 4.48. The van der Waals surface area contributed by atoms with Crippen molar-refractivity contribution in [1.82, 2.24) is 4.90 Å². The molecule has 0 N–H and O–H groups in total. The first-order valence-electron chi connectivity index (χ1n) is 5.80. The summed E-state index contributed by atoms with van der Waals surface area (Å²) < 4.78 is 5.25. The quantitative estimate of drug-likeness (QED) is 0.614. The van der Waals surface area contributed by atoms with Crippen LogP contribution < -0.4 is 0 Å². The smallest absolute Gasteiger partial charge is 0.226 e. The molecule has 15 heavy (non-hydrogen) atoms. The Kier molecular flexibility index (Phi) is 3.41. The van der Waals surface area contributed by atoms with Gasteiger partial charge in [0.05, 0.1) is 13.2 Å². The molecule has 1 atom stereocenters.